The SMILES string of the molecule is CC1=C(C)C(Br)([Si]C2(Br)C(C)=C(C)c3ccccc32)c2ccccc21. The summed E-state index contributed by atoms with van der Waals surface area (Å²) in [7, 11) is 0.630. The van der Waals surface area contributed by atoms with E-state index in [0.717, 1.165) is 0 Å². The zero-order valence-corrected chi connectivity index (χ0v) is 19.0. The second-order valence-electron chi connectivity index (χ2n) is 7.03. The van der Waals surface area contributed by atoms with Crippen molar-refractivity contribution < 1.29 is 0 Å². The van der Waals surface area contributed by atoms with Gasteiger partial charge in [-0.15, -0.1) is 0 Å². The summed E-state index contributed by atoms with van der Waals surface area (Å²) < 4.78 is -0.230. The molecule has 2 aromatic carbocycles. The summed E-state index contributed by atoms with van der Waals surface area (Å²) in [6.07, 6.45) is 0. The van der Waals surface area contributed by atoms with Crippen LogP contribution in [0.3, 0.4) is 0 Å². The molecule has 0 saturated carbocycles. The Kier molecular flexibility index (Phi) is 4.06. The van der Waals surface area contributed by atoms with E-state index < -0.39 is 0 Å². The summed E-state index contributed by atoms with van der Waals surface area (Å²) in [6.45, 7) is 9.05. The molecule has 0 amide bonds. The first-order valence-corrected chi connectivity index (χ1v) is 11.1. The van der Waals surface area contributed by atoms with Crippen LogP contribution in [0.15, 0.2) is 59.7 Å². The minimum atomic E-state index is -0.115. The minimum absolute atomic E-state index is 0.115. The van der Waals surface area contributed by atoms with Crippen molar-refractivity contribution >= 4 is 52.5 Å². The molecule has 2 aliphatic carbocycles. The fraction of sp³-hybridized carbons (Fsp3) is 0.273. The molecule has 3 heteroatoms. The topological polar surface area (TPSA) is 0 Å². The molecule has 126 valence electrons. The van der Waals surface area contributed by atoms with Gasteiger partial charge in [0, 0.05) is 0 Å². The molecule has 0 N–H and O–H groups in total. The average Bonchev–Trinajstić information content (AvgIpc) is 2.93. The summed E-state index contributed by atoms with van der Waals surface area (Å²) >= 11 is 8.39. The van der Waals surface area contributed by atoms with Crippen LogP contribution in [0.5, 0.6) is 0 Å². The van der Waals surface area contributed by atoms with Crippen LogP contribution in [-0.4, -0.2) is 9.52 Å². The summed E-state index contributed by atoms with van der Waals surface area (Å²) in [6, 6.07) is 17.6. The number of fused-ring (bicyclic) bond motifs is 2. The first-order valence-electron chi connectivity index (χ1n) is 8.53. The van der Waals surface area contributed by atoms with E-state index in [1.54, 1.807) is 0 Å². The van der Waals surface area contributed by atoms with E-state index in [1.807, 2.05) is 0 Å². The monoisotopic (exact) mass is 470 g/mol. The van der Waals surface area contributed by atoms with Gasteiger partial charge in [0.05, 0.1) is 7.90 Å². The van der Waals surface area contributed by atoms with Crippen LogP contribution in [-0.2, 0) is 7.90 Å². The molecule has 0 aromatic heterocycles. The van der Waals surface area contributed by atoms with Gasteiger partial charge in [0.1, 0.15) is 9.52 Å². The summed E-state index contributed by atoms with van der Waals surface area (Å²) in [5, 5.41) is 0. The smallest absolute Gasteiger partial charge is 0.0795 e. The van der Waals surface area contributed by atoms with Crippen LogP contribution in [0.2, 0.25) is 0 Å². The van der Waals surface area contributed by atoms with Gasteiger partial charge < -0.3 is 0 Å². The van der Waals surface area contributed by atoms with E-state index in [-0.39, 0.29) is 7.90 Å². The second kappa shape index (κ2) is 5.80. The van der Waals surface area contributed by atoms with Crippen LogP contribution in [0, 0.1) is 0 Å². The van der Waals surface area contributed by atoms with E-state index in [0.29, 0.717) is 9.52 Å². The molecule has 0 saturated heterocycles. The third kappa shape index (κ3) is 2.28. The van der Waals surface area contributed by atoms with Gasteiger partial charge >= 0.3 is 0 Å². The Bertz CT molecular complexity index is 879. The number of allylic oxidation sites excluding steroid dienone is 4. The van der Waals surface area contributed by atoms with Crippen molar-refractivity contribution in [2.75, 3.05) is 0 Å². The van der Waals surface area contributed by atoms with E-state index >= 15 is 0 Å². The molecule has 0 spiro atoms. The molecule has 0 fully saturated rings. The van der Waals surface area contributed by atoms with Crippen LogP contribution in [0.1, 0.15) is 49.9 Å². The van der Waals surface area contributed by atoms with Gasteiger partial charge in [-0.25, -0.2) is 0 Å². The fourth-order valence-corrected chi connectivity index (χ4v) is 9.90. The molecule has 2 radical (unpaired) electrons. The number of halogens is 2. The predicted molar refractivity (Wildman–Crippen MR) is 116 cm³/mol. The lowest BCUT2D eigenvalue weighted by Gasteiger charge is -2.35. The normalized spacial score (nSPS) is 27.8. The zero-order chi connectivity index (χ0) is 18.0. The van der Waals surface area contributed by atoms with Crippen molar-refractivity contribution in [1.29, 1.82) is 0 Å². The molecular weight excluding hydrogens is 452 g/mol. The van der Waals surface area contributed by atoms with E-state index in [4.69, 9.17) is 0 Å². The quantitative estimate of drug-likeness (QED) is 0.333. The largest absolute Gasteiger partial charge is 0.106 e. The van der Waals surface area contributed by atoms with E-state index in [2.05, 4.69) is 108 Å². The molecule has 2 aromatic rings. The number of hydrogen-bond donors (Lipinski definition) is 0. The van der Waals surface area contributed by atoms with E-state index in [1.165, 1.54) is 44.5 Å². The lowest BCUT2D eigenvalue weighted by molar-refractivity contribution is 0.967. The molecular formula is C22H20Br2Si. The van der Waals surface area contributed by atoms with Gasteiger partial charge in [-0.3, -0.25) is 0 Å². The number of rotatable bonds is 2. The van der Waals surface area contributed by atoms with Crippen LogP contribution < -0.4 is 0 Å². The van der Waals surface area contributed by atoms with Crippen molar-refractivity contribution in [1.82, 2.24) is 0 Å². The van der Waals surface area contributed by atoms with Gasteiger partial charge in [0.15, 0.2) is 0 Å². The Morgan fingerprint density at radius 3 is 1.40 bits per heavy atom. The molecule has 0 nitrogen and oxygen atoms in total. The predicted octanol–water partition coefficient (Wildman–Crippen LogP) is 6.80. The molecule has 0 aliphatic heterocycles. The molecule has 4 rings (SSSR count). The Hall–Kier alpha value is -0.903. The van der Waals surface area contributed by atoms with Gasteiger partial charge in [-0.2, -0.15) is 0 Å². The molecule has 2 aliphatic rings. The Balaban J connectivity index is 1.89. The maximum Gasteiger partial charge on any atom is 0.106 e. The van der Waals surface area contributed by atoms with Crippen molar-refractivity contribution in [3.8, 4) is 0 Å². The highest BCUT2D eigenvalue weighted by atomic mass is 79.9. The van der Waals surface area contributed by atoms with Gasteiger partial charge in [0.2, 0.25) is 0 Å². The first-order chi connectivity index (χ1) is 11.8. The molecule has 2 unspecified atom stereocenters. The highest BCUT2D eigenvalue weighted by Gasteiger charge is 2.50. The Morgan fingerprint density at radius 1 is 0.640 bits per heavy atom. The van der Waals surface area contributed by atoms with Crippen LogP contribution in [0.25, 0.3) is 11.1 Å². The molecule has 0 heterocycles. The van der Waals surface area contributed by atoms with Crippen LogP contribution >= 0.6 is 31.9 Å². The van der Waals surface area contributed by atoms with Gasteiger partial charge in [0.25, 0.3) is 0 Å². The zero-order valence-electron chi connectivity index (χ0n) is 14.9. The van der Waals surface area contributed by atoms with Crippen molar-refractivity contribution in [3.05, 3.63) is 81.9 Å². The standard InChI is InChI=1S/C22H20Br2Si/c1-13-15(3)21(23,19-11-7-5-9-17(13)19)25-22(24)16(4)14(2)18-10-6-8-12-20(18)22/h5-12H,1-4H3. The van der Waals surface area contributed by atoms with Crippen LogP contribution in [0.4, 0.5) is 0 Å². The lowest BCUT2D eigenvalue weighted by Crippen LogP contribution is -2.39. The van der Waals surface area contributed by atoms with Crippen molar-refractivity contribution in [2.45, 2.75) is 35.6 Å². The maximum absolute atomic E-state index is 4.20. The fourth-order valence-electron chi connectivity index (χ4n) is 4.11. The Morgan fingerprint density at radius 2 is 1.00 bits per heavy atom. The third-order valence-electron chi connectivity index (χ3n) is 5.91. The molecule has 25 heavy (non-hydrogen) atoms. The van der Waals surface area contributed by atoms with Crippen molar-refractivity contribution in [3.63, 3.8) is 0 Å². The summed E-state index contributed by atoms with van der Waals surface area (Å²) in [5.41, 5.74) is 11.2. The highest BCUT2D eigenvalue weighted by Crippen LogP contribution is 2.57. The number of benzene rings is 2. The Labute approximate surface area is 169 Å². The van der Waals surface area contributed by atoms with E-state index in [9.17, 15) is 0 Å². The first kappa shape index (κ1) is 17.5. The van der Waals surface area contributed by atoms with Gasteiger partial charge in [-0.1, -0.05) is 91.5 Å². The maximum atomic E-state index is 4.20. The number of hydrogen-bond acceptors (Lipinski definition) is 0. The minimum Gasteiger partial charge on any atom is -0.0795 e. The molecule has 2 atom stereocenters. The second-order valence-corrected chi connectivity index (χ2v) is 12.6. The third-order valence-corrected chi connectivity index (χ3v) is 11.1. The average molecular weight is 472 g/mol. The number of alkyl halides is 2. The van der Waals surface area contributed by atoms with Gasteiger partial charge in [-0.05, 0) is 61.1 Å². The molecule has 0 bridgehead atoms. The highest BCUT2D eigenvalue weighted by molar-refractivity contribution is 9.11. The summed E-state index contributed by atoms with van der Waals surface area (Å²) in [5.74, 6) is 0. The summed E-state index contributed by atoms with van der Waals surface area (Å²) in [4.78, 5) is 0. The van der Waals surface area contributed by atoms with Crippen molar-refractivity contribution in [2.24, 2.45) is 0 Å². The lowest BCUT2D eigenvalue weighted by atomic mass is 10.1.